The molecule has 0 aliphatic carbocycles. The SMILES string of the molecule is CCCCCC/C=C\C/C=C\CCCCCCCCCC(=O)OC(CO)COC(=O)CCCCCCC/C=C\CCCCCCCC. The number of hydrogen-bond donors (Lipinski definition) is 1. The van der Waals surface area contributed by atoms with Crippen LogP contribution in [0.5, 0.6) is 0 Å². The first-order valence-electron chi connectivity index (χ1n) is 20.0. The number of aliphatic hydroxyl groups excluding tert-OH is 1. The second-order valence-electron chi connectivity index (χ2n) is 13.4. The zero-order chi connectivity index (χ0) is 34.3. The van der Waals surface area contributed by atoms with Gasteiger partial charge in [-0.3, -0.25) is 9.59 Å². The Balaban J connectivity index is 3.58. The molecule has 0 spiro atoms. The lowest BCUT2D eigenvalue weighted by Gasteiger charge is -2.15. The number of hydrogen-bond acceptors (Lipinski definition) is 5. The predicted octanol–water partition coefficient (Wildman–Crippen LogP) is 12.5. The van der Waals surface area contributed by atoms with Crippen LogP contribution in [-0.4, -0.2) is 36.4 Å². The summed E-state index contributed by atoms with van der Waals surface area (Å²) in [5.41, 5.74) is 0. The van der Waals surface area contributed by atoms with Crippen molar-refractivity contribution in [3.8, 4) is 0 Å². The molecule has 0 amide bonds. The van der Waals surface area contributed by atoms with E-state index in [4.69, 9.17) is 9.47 Å². The molecule has 274 valence electrons. The Hall–Kier alpha value is -1.88. The highest BCUT2D eigenvalue weighted by molar-refractivity contribution is 5.70. The molecule has 0 rings (SSSR count). The monoisotopic (exact) mass is 661 g/mol. The van der Waals surface area contributed by atoms with Crippen LogP contribution in [0.25, 0.3) is 0 Å². The first-order valence-corrected chi connectivity index (χ1v) is 20.0. The van der Waals surface area contributed by atoms with Crippen LogP contribution in [0, 0.1) is 0 Å². The van der Waals surface area contributed by atoms with Gasteiger partial charge in [-0.25, -0.2) is 0 Å². The van der Waals surface area contributed by atoms with E-state index in [1.165, 1.54) is 116 Å². The first-order chi connectivity index (χ1) is 23.1. The Bertz CT molecular complexity index is 756. The number of rotatable bonds is 36. The van der Waals surface area contributed by atoms with Gasteiger partial charge >= 0.3 is 11.9 Å². The van der Waals surface area contributed by atoms with Crippen molar-refractivity contribution in [2.45, 2.75) is 206 Å². The Kier molecular flexibility index (Phi) is 37.0. The number of ether oxygens (including phenoxy) is 2. The summed E-state index contributed by atoms with van der Waals surface area (Å²) in [5.74, 6) is -0.607. The van der Waals surface area contributed by atoms with E-state index in [9.17, 15) is 14.7 Å². The van der Waals surface area contributed by atoms with E-state index >= 15 is 0 Å². The van der Waals surface area contributed by atoms with Crippen molar-refractivity contribution in [1.82, 2.24) is 0 Å². The molecule has 5 heteroatoms. The lowest BCUT2D eigenvalue weighted by atomic mass is 10.1. The Labute approximate surface area is 291 Å². The van der Waals surface area contributed by atoms with Gasteiger partial charge in [0.1, 0.15) is 6.61 Å². The van der Waals surface area contributed by atoms with E-state index in [0.717, 1.165) is 57.8 Å². The summed E-state index contributed by atoms with van der Waals surface area (Å²) in [6.07, 6.45) is 46.3. The van der Waals surface area contributed by atoms with Crippen molar-refractivity contribution < 1.29 is 24.2 Å². The fourth-order valence-corrected chi connectivity index (χ4v) is 5.58. The van der Waals surface area contributed by atoms with Crippen LogP contribution in [0.2, 0.25) is 0 Å². The second-order valence-corrected chi connectivity index (χ2v) is 13.4. The van der Waals surface area contributed by atoms with Crippen molar-refractivity contribution >= 4 is 11.9 Å². The minimum Gasteiger partial charge on any atom is -0.462 e. The highest BCUT2D eigenvalue weighted by atomic mass is 16.6. The molecule has 0 radical (unpaired) electrons. The van der Waals surface area contributed by atoms with Crippen LogP contribution >= 0.6 is 0 Å². The van der Waals surface area contributed by atoms with Gasteiger partial charge < -0.3 is 14.6 Å². The van der Waals surface area contributed by atoms with Gasteiger partial charge in [0.15, 0.2) is 6.10 Å². The van der Waals surface area contributed by atoms with Crippen LogP contribution in [0.15, 0.2) is 36.5 Å². The third-order valence-electron chi connectivity index (χ3n) is 8.66. The molecule has 47 heavy (non-hydrogen) atoms. The fourth-order valence-electron chi connectivity index (χ4n) is 5.58. The first kappa shape index (κ1) is 45.1. The molecule has 5 nitrogen and oxygen atoms in total. The van der Waals surface area contributed by atoms with Gasteiger partial charge in [0.2, 0.25) is 0 Å². The number of esters is 2. The van der Waals surface area contributed by atoms with Crippen LogP contribution in [-0.2, 0) is 19.1 Å². The van der Waals surface area contributed by atoms with Crippen molar-refractivity contribution in [3.05, 3.63) is 36.5 Å². The largest absolute Gasteiger partial charge is 0.462 e. The summed E-state index contributed by atoms with van der Waals surface area (Å²) in [4.78, 5) is 24.2. The molecular weight excluding hydrogens is 584 g/mol. The van der Waals surface area contributed by atoms with Crippen molar-refractivity contribution in [2.24, 2.45) is 0 Å². The van der Waals surface area contributed by atoms with Gasteiger partial charge in [-0.1, -0.05) is 153 Å². The maximum Gasteiger partial charge on any atom is 0.306 e. The smallest absolute Gasteiger partial charge is 0.306 e. The van der Waals surface area contributed by atoms with E-state index in [0.29, 0.717) is 12.8 Å². The van der Waals surface area contributed by atoms with Crippen LogP contribution in [0.1, 0.15) is 200 Å². The molecule has 0 bridgehead atoms. The normalized spacial score (nSPS) is 12.5. The molecule has 0 heterocycles. The van der Waals surface area contributed by atoms with Crippen LogP contribution < -0.4 is 0 Å². The average Bonchev–Trinajstić information content (AvgIpc) is 3.07. The number of unbranched alkanes of at least 4 members (excludes halogenated alkanes) is 22. The molecule has 0 saturated carbocycles. The summed E-state index contributed by atoms with van der Waals surface area (Å²) >= 11 is 0. The minimum absolute atomic E-state index is 0.0723. The van der Waals surface area contributed by atoms with Gasteiger partial charge in [-0.2, -0.15) is 0 Å². The molecular formula is C42H76O5. The van der Waals surface area contributed by atoms with E-state index in [1.807, 2.05) is 0 Å². The minimum atomic E-state index is -0.777. The lowest BCUT2D eigenvalue weighted by Crippen LogP contribution is -2.28. The van der Waals surface area contributed by atoms with E-state index in [1.54, 1.807) is 0 Å². The summed E-state index contributed by atoms with van der Waals surface area (Å²) in [6.45, 7) is 4.10. The highest BCUT2D eigenvalue weighted by Gasteiger charge is 2.16. The maximum atomic E-state index is 12.2. The lowest BCUT2D eigenvalue weighted by molar-refractivity contribution is -0.161. The van der Waals surface area contributed by atoms with Crippen LogP contribution in [0.4, 0.5) is 0 Å². The molecule has 1 atom stereocenters. The number of aliphatic hydroxyl groups is 1. The summed E-state index contributed by atoms with van der Waals surface area (Å²) < 4.78 is 10.6. The zero-order valence-electron chi connectivity index (χ0n) is 31.0. The molecule has 0 aliphatic rings. The highest BCUT2D eigenvalue weighted by Crippen LogP contribution is 2.13. The summed E-state index contributed by atoms with van der Waals surface area (Å²) in [7, 11) is 0. The maximum absolute atomic E-state index is 12.2. The Morgan fingerprint density at radius 2 is 0.851 bits per heavy atom. The van der Waals surface area contributed by atoms with E-state index in [2.05, 4.69) is 50.3 Å². The van der Waals surface area contributed by atoms with Gasteiger partial charge in [0.05, 0.1) is 6.61 Å². The van der Waals surface area contributed by atoms with E-state index < -0.39 is 6.10 Å². The van der Waals surface area contributed by atoms with Crippen molar-refractivity contribution in [2.75, 3.05) is 13.2 Å². The standard InChI is InChI=1S/C42H76O5/c1-3-5-7-9-11-13-15-17-19-20-21-23-25-27-29-31-33-35-37-42(45)47-40(38-43)39-46-41(44)36-34-32-30-28-26-24-22-18-16-14-12-10-8-6-4-2/h13,15,18-20,22,40,43H,3-12,14,16-17,21,23-39H2,1-2H3/b15-13-,20-19-,22-18-. The van der Waals surface area contributed by atoms with Gasteiger partial charge in [-0.05, 0) is 70.6 Å². The Morgan fingerprint density at radius 1 is 0.489 bits per heavy atom. The molecule has 1 unspecified atom stereocenters. The fraction of sp³-hybridized carbons (Fsp3) is 0.810. The van der Waals surface area contributed by atoms with Crippen LogP contribution in [0.3, 0.4) is 0 Å². The number of carbonyl (C=O) groups excluding carboxylic acids is 2. The van der Waals surface area contributed by atoms with Crippen molar-refractivity contribution in [1.29, 1.82) is 0 Å². The molecule has 0 saturated heterocycles. The number of allylic oxidation sites excluding steroid dienone is 6. The van der Waals surface area contributed by atoms with E-state index in [-0.39, 0.29) is 25.2 Å². The zero-order valence-corrected chi connectivity index (χ0v) is 31.0. The summed E-state index contributed by atoms with van der Waals surface area (Å²) in [6, 6.07) is 0. The summed E-state index contributed by atoms with van der Waals surface area (Å²) in [5, 5.41) is 9.55. The molecule has 0 fully saturated rings. The second kappa shape index (κ2) is 38.6. The molecule has 0 aromatic carbocycles. The topological polar surface area (TPSA) is 72.8 Å². The molecule has 0 aliphatic heterocycles. The third-order valence-corrected chi connectivity index (χ3v) is 8.66. The number of carbonyl (C=O) groups is 2. The quantitative estimate of drug-likeness (QED) is 0.0411. The van der Waals surface area contributed by atoms with Gasteiger partial charge in [-0.15, -0.1) is 0 Å². The van der Waals surface area contributed by atoms with Crippen molar-refractivity contribution in [3.63, 3.8) is 0 Å². The average molecular weight is 661 g/mol. The predicted molar refractivity (Wildman–Crippen MR) is 201 cm³/mol. The molecule has 0 aromatic rings. The molecule has 0 aromatic heterocycles. The Morgan fingerprint density at radius 3 is 1.30 bits per heavy atom. The third kappa shape index (κ3) is 36.8. The van der Waals surface area contributed by atoms with Gasteiger partial charge in [0, 0.05) is 12.8 Å². The van der Waals surface area contributed by atoms with Gasteiger partial charge in [0.25, 0.3) is 0 Å². The molecule has 1 N–H and O–H groups in total.